The van der Waals surface area contributed by atoms with Crippen LogP contribution in [0.25, 0.3) is 11.1 Å². The van der Waals surface area contributed by atoms with Crippen molar-refractivity contribution in [2.75, 3.05) is 38.8 Å². The molecule has 5 heteroatoms. The van der Waals surface area contributed by atoms with Crippen molar-refractivity contribution in [2.24, 2.45) is 5.92 Å². The second kappa shape index (κ2) is 7.33. The number of hydrogen-bond acceptors (Lipinski definition) is 4. The molecule has 1 saturated heterocycles. The number of hydrogen-bond donors (Lipinski definition) is 1. The van der Waals surface area contributed by atoms with Crippen molar-refractivity contribution < 1.29 is 14.6 Å². The first-order valence-corrected chi connectivity index (χ1v) is 9.47. The first kappa shape index (κ1) is 18.0. The predicted molar refractivity (Wildman–Crippen MR) is 106 cm³/mol. The van der Waals surface area contributed by atoms with Gasteiger partial charge in [0.15, 0.2) is 0 Å². The van der Waals surface area contributed by atoms with Crippen LogP contribution in [0.2, 0.25) is 0 Å². The summed E-state index contributed by atoms with van der Waals surface area (Å²) < 4.78 is 5.10. The Kier molecular flexibility index (Phi) is 4.89. The molecule has 0 bridgehead atoms. The van der Waals surface area contributed by atoms with Gasteiger partial charge in [-0.15, -0.1) is 0 Å². The minimum Gasteiger partial charge on any atom is -0.394 e. The van der Waals surface area contributed by atoms with Crippen molar-refractivity contribution in [3.63, 3.8) is 0 Å². The zero-order valence-electron chi connectivity index (χ0n) is 15.8. The number of carbonyl (C=O) groups is 1. The Balaban J connectivity index is 1.81. The fraction of sp³-hybridized carbons (Fsp3) is 0.409. The standard InChI is InChI=1S/C22H26N2O3/c1-23-19-9-8-16(15-6-4-3-5-7-15)12-18(19)22-17(20(23)13-25)10-11-24(22)21(26)14-27-2/h3-9,12,17,20,22,25H,10-11,13-14H2,1-2H3/t17-,20+,22-/m0/s1. The number of fused-ring (bicyclic) bond motifs is 3. The first-order valence-electron chi connectivity index (χ1n) is 9.47. The van der Waals surface area contributed by atoms with Crippen LogP contribution in [0.1, 0.15) is 18.0 Å². The van der Waals surface area contributed by atoms with Crippen molar-refractivity contribution in [2.45, 2.75) is 18.5 Å². The zero-order chi connectivity index (χ0) is 19.0. The average Bonchev–Trinajstić information content (AvgIpc) is 3.14. The first-order chi connectivity index (χ1) is 13.2. The van der Waals surface area contributed by atoms with Gasteiger partial charge in [0.2, 0.25) is 5.91 Å². The molecule has 0 aliphatic carbocycles. The molecule has 2 aliphatic rings. The lowest BCUT2D eigenvalue weighted by atomic mass is 9.81. The minimum atomic E-state index is -0.0142. The summed E-state index contributed by atoms with van der Waals surface area (Å²) in [5, 5.41) is 10.0. The van der Waals surface area contributed by atoms with Crippen molar-refractivity contribution in [1.29, 1.82) is 0 Å². The summed E-state index contributed by atoms with van der Waals surface area (Å²) in [6.07, 6.45) is 0.894. The molecule has 5 nitrogen and oxygen atoms in total. The molecule has 0 unspecified atom stereocenters. The van der Waals surface area contributed by atoms with Crippen molar-refractivity contribution in [3.8, 4) is 11.1 Å². The van der Waals surface area contributed by atoms with E-state index in [9.17, 15) is 9.90 Å². The minimum absolute atomic E-state index is 0.0142. The van der Waals surface area contributed by atoms with E-state index in [0.717, 1.165) is 28.8 Å². The number of amides is 1. The lowest BCUT2D eigenvalue weighted by Crippen LogP contribution is -2.48. The van der Waals surface area contributed by atoms with E-state index in [4.69, 9.17) is 4.74 Å². The molecular weight excluding hydrogens is 340 g/mol. The summed E-state index contributed by atoms with van der Waals surface area (Å²) in [4.78, 5) is 16.8. The van der Waals surface area contributed by atoms with Crippen LogP contribution in [0.5, 0.6) is 0 Å². The summed E-state index contributed by atoms with van der Waals surface area (Å²) in [5.74, 6) is 0.238. The molecule has 0 spiro atoms. The van der Waals surface area contributed by atoms with Crippen LogP contribution in [-0.4, -0.2) is 55.9 Å². The Hall–Kier alpha value is -2.37. The summed E-state index contributed by atoms with van der Waals surface area (Å²) in [6.45, 7) is 0.886. The van der Waals surface area contributed by atoms with Gasteiger partial charge in [-0.2, -0.15) is 0 Å². The molecule has 0 radical (unpaired) electrons. The number of aliphatic hydroxyl groups is 1. The number of methoxy groups -OCH3 is 1. The molecule has 2 aromatic carbocycles. The fourth-order valence-electron chi connectivity index (χ4n) is 4.75. The van der Waals surface area contributed by atoms with Gasteiger partial charge in [0.25, 0.3) is 0 Å². The number of aliphatic hydroxyl groups excluding tert-OH is 1. The van der Waals surface area contributed by atoms with Gasteiger partial charge in [0.1, 0.15) is 6.61 Å². The molecule has 3 atom stereocenters. The number of carbonyl (C=O) groups excluding carboxylic acids is 1. The van der Waals surface area contributed by atoms with Crippen molar-refractivity contribution in [1.82, 2.24) is 4.90 Å². The zero-order valence-corrected chi connectivity index (χ0v) is 15.8. The van der Waals surface area contributed by atoms with E-state index in [1.54, 1.807) is 7.11 Å². The molecule has 0 saturated carbocycles. The maximum absolute atomic E-state index is 12.7. The van der Waals surface area contributed by atoms with E-state index in [1.165, 1.54) is 0 Å². The van der Waals surface area contributed by atoms with Crippen LogP contribution < -0.4 is 4.90 Å². The van der Waals surface area contributed by atoms with Gasteiger partial charge in [0.05, 0.1) is 18.7 Å². The predicted octanol–water partition coefficient (Wildman–Crippen LogP) is 2.70. The maximum atomic E-state index is 12.7. The Morgan fingerprint density at radius 1 is 1.19 bits per heavy atom. The molecule has 1 N–H and O–H groups in total. The van der Waals surface area contributed by atoms with Gasteiger partial charge in [0, 0.05) is 32.3 Å². The Bertz CT molecular complexity index is 824. The Labute approximate surface area is 160 Å². The van der Waals surface area contributed by atoms with E-state index in [1.807, 2.05) is 30.1 Å². The third-order valence-electron chi connectivity index (χ3n) is 6.04. The lowest BCUT2D eigenvalue weighted by molar-refractivity contribution is -0.136. The summed E-state index contributed by atoms with van der Waals surface area (Å²) >= 11 is 0. The summed E-state index contributed by atoms with van der Waals surface area (Å²) in [7, 11) is 3.59. The van der Waals surface area contributed by atoms with Gasteiger partial charge < -0.3 is 19.6 Å². The molecule has 1 fully saturated rings. The number of nitrogens with zero attached hydrogens (tertiary/aromatic N) is 2. The van der Waals surface area contributed by atoms with Gasteiger partial charge in [-0.1, -0.05) is 36.4 Å². The van der Waals surface area contributed by atoms with Crippen molar-refractivity contribution in [3.05, 3.63) is 54.1 Å². The topological polar surface area (TPSA) is 53.0 Å². The number of rotatable bonds is 4. The summed E-state index contributed by atoms with van der Waals surface area (Å²) in [5.41, 5.74) is 4.56. The van der Waals surface area contributed by atoms with E-state index in [0.29, 0.717) is 6.54 Å². The van der Waals surface area contributed by atoms with Crippen LogP contribution in [0.3, 0.4) is 0 Å². The van der Waals surface area contributed by atoms with Crippen LogP contribution in [-0.2, 0) is 9.53 Å². The highest BCUT2D eigenvalue weighted by atomic mass is 16.5. The van der Waals surface area contributed by atoms with Crippen LogP contribution in [0.15, 0.2) is 48.5 Å². The average molecular weight is 366 g/mol. The molecule has 2 aromatic rings. The van der Waals surface area contributed by atoms with Gasteiger partial charge in [-0.05, 0) is 35.2 Å². The molecular formula is C22H26N2O3. The summed E-state index contributed by atoms with van der Waals surface area (Å²) in [6, 6.07) is 16.7. The van der Waals surface area contributed by atoms with Crippen molar-refractivity contribution >= 4 is 11.6 Å². The number of ether oxygens (including phenoxy) is 1. The highest BCUT2D eigenvalue weighted by molar-refractivity contribution is 5.80. The quantitative estimate of drug-likeness (QED) is 0.904. The lowest BCUT2D eigenvalue weighted by Gasteiger charge is -2.44. The third kappa shape index (κ3) is 3.01. The number of benzene rings is 2. The van der Waals surface area contributed by atoms with E-state index >= 15 is 0 Å². The van der Waals surface area contributed by atoms with E-state index in [2.05, 4.69) is 35.2 Å². The smallest absolute Gasteiger partial charge is 0.249 e. The molecule has 2 heterocycles. The molecule has 2 aliphatic heterocycles. The van der Waals surface area contributed by atoms with Gasteiger partial charge in [-0.3, -0.25) is 4.79 Å². The highest BCUT2D eigenvalue weighted by Gasteiger charge is 2.47. The number of likely N-dealkylation sites (tertiary alicyclic amines) is 1. The molecule has 27 heavy (non-hydrogen) atoms. The second-order valence-corrected chi connectivity index (χ2v) is 7.42. The maximum Gasteiger partial charge on any atom is 0.249 e. The monoisotopic (exact) mass is 366 g/mol. The number of anilines is 1. The Morgan fingerprint density at radius 3 is 2.67 bits per heavy atom. The Morgan fingerprint density at radius 2 is 1.96 bits per heavy atom. The third-order valence-corrected chi connectivity index (χ3v) is 6.04. The molecule has 142 valence electrons. The largest absolute Gasteiger partial charge is 0.394 e. The van der Waals surface area contributed by atoms with Gasteiger partial charge in [-0.25, -0.2) is 0 Å². The van der Waals surface area contributed by atoms with Gasteiger partial charge >= 0.3 is 0 Å². The molecule has 4 rings (SSSR count). The number of likely N-dealkylation sites (N-methyl/N-ethyl adjacent to an activating group) is 1. The normalized spacial score (nSPS) is 23.9. The van der Waals surface area contributed by atoms with E-state index in [-0.39, 0.29) is 37.1 Å². The SMILES string of the molecule is COCC(=O)N1CC[C@@H]2[C@H]1c1cc(-c3ccccc3)ccc1N(C)[C@@H]2CO. The second-order valence-electron chi connectivity index (χ2n) is 7.42. The van der Waals surface area contributed by atoms with Crippen LogP contribution in [0, 0.1) is 5.92 Å². The molecule has 1 amide bonds. The molecule has 0 aromatic heterocycles. The highest BCUT2D eigenvalue weighted by Crippen LogP contribution is 2.49. The van der Waals surface area contributed by atoms with E-state index < -0.39 is 0 Å². The van der Waals surface area contributed by atoms with Crippen LogP contribution in [0.4, 0.5) is 5.69 Å². The fourth-order valence-corrected chi connectivity index (χ4v) is 4.75. The van der Waals surface area contributed by atoms with Crippen LogP contribution >= 0.6 is 0 Å².